The molecule has 2 nitrogen and oxygen atoms in total. The van der Waals surface area contributed by atoms with Crippen molar-refractivity contribution < 1.29 is 9.28 Å². The molecule has 0 aliphatic carbocycles. The lowest BCUT2D eigenvalue weighted by atomic mass is 10.2. The second kappa shape index (κ2) is 4.06. The van der Waals surface area contributed by atoms with Crippen LogP contribution in [0.15, 0.2) is 17.5 Å². The van der Waals surface area contributed by atoms with Crippen molar-refractivity contribution in [3.63, 3.8) is 0 Å². The molecule has 1 saturated heterocycles. The number of carbonyl (C=O) groups is 1. The standard InChI is InChI=1S/C12H18NOS/c1-10-5-6-13(2,8-10)9-11(14)12-4-3-7-15-12/h3-4,7,10H,5-6,8-9H2,1-2H3/q+1. The molecule has 1 aromatic rings. The molecule has 2 rings (SSSR count). The van der Waals surface area contributed by atoms with E-state index >= 15 is 0 Å². The van der Waals surface area contributed by atoms with E-state index in [1.54, 1.807) is 11.3 Å². The van der Waals surface area contributed by atoms with Crippen molar-refractivity contribution in [2.24, 2.45) is 5.92 Å². The third-order valence-corrected chi connectivity index (χ3v) is 4.15. The van der Waals surface area contributed by atoms with Gasteiger partial charge in [0.25, 0.3) is 0 Å². The molecule has 15 heavy (non-hydrogen) atoms. The highest BCUT2D eigenvalue weighted by Crippen LogP contribution is 2.23. The van der Waals surface area contributed by atoms with Gasteiger partial charge in [-0.25, -0.2) is 0 Å². The van der Waals surface area contributed by atoms with Crippen LogP contribution in [0.4, 0.5) is 0 Å². The summed E-state index contributed by atoms with van der Waals surface area (Å²) in [6.07, 6.45) is 1.26. The van der Waals surface area contributed by atoms with Crippen LogP contribution in [-0.4, -0.2) is 36.9 Å². The van der Waals surface area contributed by atoms with Gasteiger partial charge in [0.05, 0.1) is 25.0 Å². The summed E-state index contributed by atoms with van der Waals surface area (Å²) in [4.78, 5) is 12.9. The van der Waals surface area contributed by atoms with Crippen molar-refractivity contribution in [1.29, 1.82) is 0 Å². The van der Waals surface area contributed by atoms with Crippen molar-refractivity contribution >= 4 is 17.1 Å². The highest BCUT2D eigenvalue weighted by molar-refractivity contribution is 7.12. The Morgan fingerprint density at radius 2 is 2.47 bits per heavy atom. The number of likely N-dealkylation sites (N-methyl/N-ethyl adjacent to an activating group) is 1. The van der Waals surface area contributed by atoms with Gasteiger partial charge in [-0.05, 0) is 11.4 Å². The van der Waals surface area contributed by atoms with Gasteiger partial charge in [0.2, 0.25) is 5.78 Å². The Morgan fingerprint density at radius 3 is 3.00 bits per heavy atom. The number of rotatable bonds is 3. The molecule has 0 amide bonds. The van der Waals surface area contributed by atoms with E-state index in [0.717, 1.165) is 28.4 Å². The maximum absolute atomic E-state index is 12.0. The largest absolute Gasteiger partial charge is 0.319 e. The minimum absolute atomic E-state index is 0.307. The molecular formula is C12H18NOS+. The van der Waals surface area contributed by atoms with Crippen molar-refractivity contribution in [1.82, 2.24) is 0 Å². The Kier molecular flexibility index (Phi) is 2.94. The number of likely N-dealkylation sites (tertiary alicyclic amines) is 1. The third kappa shape index (κ3) is 2.47. The maximum Gasteiger partial charge on any atom is 0.226 e. The van der Waals surface area contributed by atoms with Crippen LogP contribution in [0, 0.1) is 5.92 Å². The van der Waals surface area contributed by atoms with Gasteiger partial charge in [0.15, 0.2) is 0 Å². The monoisotopic (exact) mass is 224 g/mol. The smallest absolute Gasteiger partial charge is 0.226 e. The predicted octanol–water partition coefficient (Wildman–Crippen LogP) is 2.42. The Hall–Kier alpha value is -0.670. The number of ketones is 1. The topological polar surface area (TPSA) is 17.1 Å². The Morgan fingerprint density at radius 1 is 1.67 bits per heavy atom. The quantitative estimate of drug-likeness (QED) is 0.569. The van der Waals surface area contributed by atoms with E-state index in [1.165, 1.54) is 6.42 Å². The summed E-state index contributed by atoms with van der Waals surface area (Å²) in [5.41, 5.74) is 0. The summed E-state index contributed by atoms with van der Waals surface area (Å²) in [7, 11) is 2.20. The van der Waals surface area contributed by atoms with E-state index in [1.807, 2.05) is 17.5 Å². The number of hydrogen-bond acceptors (Lipinski definition) is 2. The zero-order chi connectivity index (χ0) is 10.9. The summed E-state index contributed by atoms with van der Waals surface area (Å²) in [6.45, 7) is 5.25. The molecule has 1 aliphatic heterocycles. The number of nitrogens with zero attached hydrogens (tertiary/aromatic N) is 1. The van der Waals surface area contributed by atoms with E-state index in [2.05, 4.69) is 14.0 Å². The molecule has 1 fully saturated rings. The molecule has 2 unspecified atom stereocenters. The van der Waals surface area contributed by atoms with Crippen LogP contribution in [-0.2, 0) is 0 Å². The molecule has 0 saturated carbocycles. The van der Waals surface area contributed by atoms with Crippen LogP contribution < -0.4 is 0 Å². The molecule has 1 aromatic heterocycles. The summed E-state index contributed by atoms with van der Waals surface area (Å²) in [5.74, 6) is 1.08. The molecule has 0 radical (unpaired) electrons. The second-order valence-electron chi connectivity index (χ2n) is 4.98. The van der Waals surface area contributed by atoms with Gasteiger partial charge in [0, 0.05) is 12.3 Å². The van der Waals surface area contributed by atoms with Gasteiger partial charge in [0.1, 0.15) is 6.54 Å². The zero-order valence-corrected chi connectivity index (χ0v) is 10.2. The molecule has 2 heterocycles. The number of thiophene rings is 1. The lowest BCUT2D eigenvalue weighted by Crippen LogP contribution is -2.45. The molecule has 82 valence electrons. The first kappa shape index (κ1) is 10.8. The van der Waals surface area contributed by atoms with Crippen LogP contribution in [0.2, 0.25) is 0 Å². The maximum atomic E-state index is 12.0. The van der Waals surface area contributed by atoms with E-state index in [9.17, 15) is 4.79 Å². The van der Waals surface area contributed by atoms with Gasteiger partial charge in [-0.2, -0.15) is 0 Å². The molecule has 0 aromatic carbocycles. The van der Waals surface area contributed by atoms with Crippen LogP contribution >= 0.6 is 11.3 Å². The van der Waals surface area contributed by atoms with Crippen LogP contribution in [0.1, 0.15) is 23.0 Å². The van der Waals surface area contributed by atoms with E-state index in [0.29, 0.717) is 12.3 Å². The SMILES string of the molecule is CC1CC[N+](C)(CC(=O)c2cccs2)C1. The number of Topliss-reactive ketones (excluding diaryl/α,β-unsaturated/α-hetero) is 1. The van der Waals surface area contributed by atoms with Gasteiger partial charge >= 0.3 is 0 Å². The summed E-state index contributed by atoms with van der Waals surface area (Å²) < 4.78 is 0.928. The summed E-state index contributed by atoms with van der Waals surface area (Å²) in [6, 6.07) is 3.88. The Labute approximate surface area is 95.1 Å². The fraction of sp³-hybridized carbons (Fsp3) is 0.583. The lowest BCUT2D eigenvalue weighted by molar-refractivity contribution is -0.890. The average molecular weight is 224 g/mol. The van der Waals surface area contributed by atoms with Gasteiger partial charge < -0.3 is 4.48 Å². The first-order chi connectivity index (χ1) is 7.09. The lowest BCUT2D eigenvalue weighted by Gasteiger charge is -2.28. The number of carbonyl (C=O) groups excluding carboxylic acids is 1. The molecule has 1 aliphatic rings. The molecular weight excluding hydrogens is 206 g/mol. The van der Waals surface area contributed by atoms with E-state index in [4.69, 9.17) is 0 Å². The normalized spacial score (nSPS) is 30.7. The van der Waals surface area contributed by atoms with Crippen molar-refractivity contribution in [3.05, 3.63) is 22.4 Å². The van der Waals surface area contributed by atoms with E-state index < -0.39 is 0 Å². The predicted molar refractivity (Wildman–Crippen MR) is 63.2 cm³/mol. The fourth-order valence-electron chi connectivity index (χ4n) is 2.47. The molecule has 0 bridgehead atoms. The number of hydrogen-bond donors (Lipinski definition) is 0. The highest BCUT2D eigenvalue weighted by atomic mass is 32.1. The van der Waals surface area contributed by atoms with Gasteiger partial charge in [-0.15, -0.1) is 11.3 Å². The zero-order valence-electron chi connectivity index (χ0n) is 9.40. The second-order valence-corrected chi connectivity index (χ2v) is 5.93. The Balaban J connectivity index is 2.00. The minimum atomic E-state index is 0.307. The molecule has 0 spiro atoms. The fourth-order valence-corrected chi connectivity index (χ4v) is 3.13. The van der Waals surface area contributed by atoms with Crippen molar-refractivity contribution in [2.45, 2.75) is 13.3 Å². The first-order valence-corrected chi connectivity index (χ1v) is 6.37. The minimum Gasteiger partial charge on any atom is -0.319 e. The Bertz CT molecular complexity index is 347. The van der Waals surface area contributed by atoms with Crippen LogP contribution in [0.25, 0.3) is 0 Å². The number of quaternary nitrogens is 1. The van der Waals surface area contributed by atoms with Crippen molar-refractivity contribution in [3.8, 4) is 0 Å². The molecule has 3 heteroatoms. The van der Waals surface area contributed by atoms with Crippen molar-refractivity contribution in [2.75, 3.05) is 26.7 Å². The van der Waals surface area contributed by atoms with Gasteiger partial charge in [-0.3, -0.25) is 4.79 Å². The highest BCUT2D eigenvalue weighted by Gasteiger charge is 2.34. The first-order valence-electron chi connectivity index (χ1n) is 5.49. The average Bonchev–Trinajstić information content (AvgIpc) is 2.75. The van der Waals surface area contributed by atoms with Gasteiger partial charge in [-0.1, -0.05) is 13.0 Å². The third-order valence-electron chi connectivity index (χ3n) is 3.24. The van der Waals surface area contributed by atoms with Crippen LogP contribution in [0.3, 0.4) is 0 Å². The molecule has 0 N–H and O–H groups in total. The van der Waals surface area contributed by atoms with E-state index in [-0.39, 0.29) is 0 Å². The summed E-state index contributed by atoms with van der Waals surface area (Å²) >= 11 is 1.55. The van der Waals surface area contributed by atoms with Crippen LogP contribution in [0.5, 0.6) is 0 Å². The summed E-state index contributed by atoms with van der Waals surface area (Å²) in [5, 5.41) is 1.97. The molecule has 2 atom stereocenters.